The van der Waals surface area contributed by atoms with Crippen molar-refractivity contribution in [3.63, 3.8) is 0 Å². The largest absolute Gasteiger partial charge is 0.491 e. The molecule has 0 aliphatic carbocycles. The Morgan fingerprint density at radius 3 is 2.38 bits per heavy atom. The minimum Gasteiger partial charge on any atom is -0.449 e. The van der Waals surface area contributed by atoms with E-state index in [1.807, 2.05) is 13.8 Å². The summed E-state index contributed by atoms with van der Waals surface area (Å²) in [4.78, 5) is 59.5. The summed E-state index contributed by atoms with van der Waals surface area (Å²) < 4.78 is 108. The van der Waals surface area contributed by atoms with Crippen LogP contribution in [0.15, 0.2) is 41.3 Å². The number of aromatic amines is 1. The van der Waals surface area contributed by atoms with E-state index in [0.29, 0.717) is 79.6 Å². The Labute approximate surface area is 334 Å². The molecular formula is C37H38F7N5O7S2. The highest BCUT2D eigenvalue weighted by molar-refractivity contribution is 7.16. The van der Waals surface area contributed by atoms with Gasteiger partial charge in [-0.05, 0) is 67.1 Å². The number of H-pyrrole nitrogens is 1. The van der Waals surface area contributed by atoms with Crippen molar-refractivity contribution in [1.82, 2.24) is 25.1 Å². The molecule has 1 atom stereocenters. The number of thiazole rings is 2. The predicted octanol–water partition coefficient (Wildman–Crippen LogP) is 6.26. The van der Waals surface area contributed by atoms with Gasteiger partial charge in [0.15, 0.2) is 10.8 Å². The highest BCUT2D eigenvalue weighted by Gasteiger charge is 2.44. The number of benzene rings is 2. The van der Waals surface area contributed by atoms with E-state index in [1.54, 1.807) is 17.2 Å². The van der Waals surface area contributed by atoms with Gasteiger partial charge in [-0.3, -0.25) is 14.5 Å². The van der Waals surface area contributed by atoms with Crippen molar-refractivity contribution in [2.45, 2.75) is 69.6 Å². The first-order valence-corrected chi connectivity index (χ1v) is 19.8. The molecule has 2 saturated heterocycles. The van der Waals surface area contributed by atoms with Crippen LogP contribution in [0.5, 0.6) is 5.75 Å². The maximum Gasteiger partial charge on any atom is 0.491 e. The Balaban J connectivity index is 1.06. The zero-order valence-electron chi connectivity index (χ0n) is 31.1. The van der Waals surface area contributed by atoms with Crippen LogP contribution in [0, 0.1) is 5.82 Å². The van der Waals surface area contributed by atoms with Crippen molar-refractivity contribution in [1.29, 1.82) is 0 Å². The second-order valence-electron chi connectivity index (χ2n) is 14.3. The van der Waals surface area contributed by atoms with Gasteiger partial charge in [0.05, 0.1) is 23.5 Å². The molecule has 2 aromatic heterocycles. The molecule has 2 aromatic carbocycles. The van der Waals surface area contributed by atoms with E-state index in [4.69, 9.17) is 9.47 Å². The van der Waals surface area contributed by atoms with Crippen molar-refractivity contribution in [3.05, 3.63) is 78.6 Å². The van der Waals surface area contributed by atoms with Crippen LogP contribution in [0.25, 0.3) is 10.2 Å². The number of hydrogen-bond acceptors (Lipinski definition) is 12. The number of carbonyl (C=O) groups is 3. The number of rotatable bonds is 12. The molecule has 12 nitrogen and oxygen atoms in total. The van der Waals surface area contributed by atoms with Crippen LogP contribution in [-0.2, 0) is 32.0 Å². The number of esters is 2. The summed E-state index contributed by atoms with van der Waals surface area (Å²) in [6.07, 6.45) is -9.23. The van der Waals surface area contributed by atoms with E-state index in [-0.39, 0.29) is 35.1 Å². The summed E-state index contributed by atoms with van der Waals surface area (Å²) >= 11 is 1.80. The Morgan fingerprint density at radius 1 is 1.00 bits per heavy atom. The fraction of sp³-hybridized carbons (Fsp3) is 0.486. The van der Waals surface area contributed by atoms with Gasteiger partial charge in [0.1, 0.15) is 17.4 Å². The number of nitrogens with zero attached hydrogens (tertiary/aromatic N) is 3. The van der Waals surface area contributed by atoms with E-state index < -0.39 is 64.5 Å². The van der Waals surface area contributed by atoms with Crippen LogP contribution >= 0.6 is 22.7 Å². The molecule has 2 fully saturated rings. The monoisotopic (exact) mass is 861 g/mol. The number of piperidine rings is 1. The zero-order valence-corrected chi connectivity index (χ0v) is 32.7. The SMILES string of the molecule is CC(C)c1cnc(C(=O)N2CCOC3(CCN(Cc4cc(F)cc(CCNC[C@H](OC(=O)C(F)(F)F)c5ccc(OC(=O)C(F)(F)F)c6[nH]c(=O)sc56)c4)CC3)C2)s1. The van der Waals surface area contributed by atoms with Crippen LogP contribution in [0.2, 0.25) is 0 Å². The molecule has 314 valence electrons. The molecule has 0 bridgehead atoms. The molecule has 0 unspecified atom stereocenters. The van der Waals surface area contributed by atoms with Gasteiger partial charge in [0.2, 0.25) is 0 Å². The number of morpholine rings is 1. The summed E-state index contributed by atoms with van der Waals surface area (Å²) in [6, 6.07) is 6.35. The van der Waals surface area contributed by atoms with Gasteiger partial charge in [-0.1, -0.05) is 31.3 Å². The van der Waals surface area contributed by atoms with Crippen molar-refractivity contribution < 1.29 is 59.3 Å². The van der Waals surface area contributed by atoms with Crippen molar-refractivity contribution in [2.75, 3.05) is 45.9 Å². The lowest BCUT2D eigenvalue weighted by atomic mass is 9.89. The minimum absolute atomic E-state index is 0.0648. The lowest BCUT2D eigenvalue weighted by Crippen LogP contribution is -2.57. The maximum absolute atomic E-state index is 14.8. The number of alkyl halides is 6. The van der Waals surface area contributed by atoms with Gasteiger partial charge < -0.3 is 29.4 Å². The summed E-state index contributed by atoms with van der Waals surface area (Å²) in [7, 11) is 0. The molecule has 0 radical (unpaired) electrons. The summed E-state index contributed by atoms with van der Waals surface area (Å²) in [6.45, 7) is 6.74. The molecular weight excluding hydrogens is 824 g/mol. The van der Waals surface area contributed by atoms with Gasteiger partial charge in [-0.2, -0.15) is 26.3 Å². The normalized spacial score (nSPS) is 16.9. The number of hydrogen-bond donors (Lipinski definition) is 2. The minimum atomic E-state index is -5.40. The number of fused-ring (bicyclic) bond motifs is 1. The van der Waals surface area contributed by atoms with E-state index in [1.165, 1.54) is 23.5 Å². The molecule has 6 rings (SSSR count). The number of nitrogens with one attached hydrogen (secondary N) is 2. The average molecular weight is 862 g/mol. The molecule has 2 aliphatic rings. The average Bonchev–Trinajstić information content (AvgIpc) is 3.81. The molecule has 0 saturated carbocycles. The highest BCUT2D eigenvalue weighted by atomic mass is 32.1. The van der Waals surface area contributed by atoms with E-state index in [2.05, 4.69) is 24.9 Å². The third kappa shape index (κ3) is 10.4. The van der Waals surface area contributed by atoms with Gasteiger partial charge in [-0.15, -0.1) is 11.3 Å². The van der Waals surface area contributed by atoms with Gasteiger partial charge in [0, 0.05) is 49.4 Å². The van der Waals surface area contributed by atoms with E-state index in [9.17, 15) is 49.9 Å². The van der Waals surface area contributed by atoms with Crippen molar-refractivity contribution in [2.24, 2.45) is 0 Å². The van der Waals surface area contributed by atoms with Gasteiger partial charge in [-0.25, -0.2) is 19.0 Å². The van der Waals surface area contributed by atoms with Gasteiger partial charge in [0.25, 0.3) is 5.91 Å². The third-order valence-corrected chi connectivity index (χ3v) is 12.0. The van der Waals surface area contributed by atoms with Crippen LogP contribution in [0.1, 0.15) is 70.1 Å². The van der Waals surface area contributed by atoms with Gasteiger partial charge >= 0.3 is 29.2 Å². The molecule has 21 heteroatoms. The summed E-state index contributed by atoms with van der Waals surface area (Å²) in [5, 5.41) is 3.33. The van der Waals surface area contributed by atoms with Crippen LogP contribution in [0.3, 0.4) is 0 Å². The highest BCUT2D eigenvalue weighted by Crippen LogP contribution is 2.36. The Hall–Kier alpha value is -4.44. The first-order valence-electron chi connectivity index (χ1n) is 18.1. The topological polar surface area (TPSA) is 143 Å². The molecule has 58 heavy (non-hydrogen) atoms. The number of carbonyl (C=O) groups excluding carboxylic acids is 3. The van der Waals surface area contributed by atoms with E-state index >= 15 is 0 Å². The molecule has 1 spiro atoms. The molecule has 2 N–H and O–H groups in total. The number of aromatic nitrogens is 2. The Kier molecular flexibility index (Phi) is 13.0. The van der Waals surface area contributed by atoms with Crippen LogP contribution in [-0.4, -0.2) is 101 Å². The first kappa shape index (κ1) is 43.1. The van der Waals surface area contributed by atoms with Crippen molar-refractivity contribution in [3.8, 4) is 5.75 Å². The predicted molar refractivity (Wildman–Crippen MR) is 197 cm³/mol. The lowest BCUT2D eigenvalue weighted by molar-refractivity contribution is -0.205. The number of halogens is 7. The second-order valence-corrected chi connectivity index (χ2v) is 16.4. The molecule has 4 aromatic rings. The number of ether oxygens (including phenoxy) is 3. The fourth-order valence-electron chi connectivity index (χ4n) is 6.84. The Morgan fingerprint density at radius 2 is 1.71 bits per heavy atom. The lowest BCUT2D eigenvalue weighted by Gasteiger charge is -2.47. The summed E-state index contributed by atoms with van der Waals surface area (Å²) in [5.74, 6) is -6.20. The van der Waals surface area contributed by atoms with E-state index in [0.717, 1.165) is 17.0 Å². The van der Waals surface area contributed by atoms with Crippen molar-refractivity contribution >= 4 is 50.7 Å². The maximum atomic E-state index is 14.8. The zero-order chi connectivity index (χ0) is 42.0. The quantitative estimate of drug-likeness (QED) is 0.0726. The first-order chi connectivity index (χ1) is 27.3. The second kappa shape index (κ2) is 17.4. The number of likely N-dealkylation sites (tertiary alicyclic amines) is 1. The smallest absolute Gasteiger partial charge is 0.449 e. The standard InChI is InChI=1S/C37H38F7N5O7S2/c1-20(2)27-17-46-30(57-27)31(50)49-11-12-54-35(19-49)6-9-48(10-7-35)18-22-13-21(14-23(38)15-22)5-8-45-16-26(56-33(52)37(42,43)44)24-3-4-25(55-32(51)36(39,40)41)28-29(24)58-34(53)47-28/h3-4,13-15,17,20,26,45H,5-12,16,18-19H2,1-2H3,(H,47,53)/t26-/m0/s1. The third-order valence-electron chi connectivity index (χ3n) is 9.76. The van der Waals surface area contributed by atoms with Crippen LogP contribution < -0.4 is 14.9 Å². The fourth-order valence-corrected chi connectivity index (χ4v) is 8.64. The Bertz CT molecular complexity index is 2200. The van der Waals surface area contributed by atoms with Crippen LogP contribution in [0.4, 0.5) is 30.7 Å². The molecule has 4 heterocycles. The number of amides is 1. The summed E-state index contributed by atoms with van der Waals surface area (Å²) in [5.41, 5.74) is 0.161. The molecule has 1 amide bonds. The molecule has 2 aliphatic heterocycles.